The van der Waals surface area contributed by atoms with Crippen LogP contribution in [0.3, 0.4) is 0 Å². The Kier molecular flexibility index (Phi) is 8.03. The van der Waals surface area contributed by atoms with E-state index < -0.39 is 8.24 Å². The molecule has 2 unspecified atom stereocenters. The molecule has 0 aliphatic rings. The van der Waals surface area contributed by atoms with Gasteiger partial charge in [-0.3, -0.25) is 0 Å². The highest BCUT2D eigenvalue weighted by molar-refractivity contribution is 6.78. The number of rotatable bonds is 8. The van der Waals surface area contributed by atoms with Gasteiger partial charge in [-0.25, -0.2) is 0 Å². The molecule has 2 atom stereocenters. The van der Waals surface area contributed by atoms with Crippen LogP contribution in [0.5, 0.6) is 0 Å². The lowest BCUT2D eigenvalue weighted by molar-refractivity contribution is 0.568. The van der Waals surface area contributed by atoms with Crippen molar-refractivity contribution in [3.8, 4) is 0 Å². The molecule has 1 nitrogen and oxygen atoms in total. The van der Waals surface area contributed by atoms with Crippen LogP contribution in [0.2, 0.25) is 17.6 Å². The van der Waals surface area contributed by atoms with Crippen LogP contribution >= 0.6 is 0 Å². The molecule has 0 aromatic rings. The maximum Gasteiger partial charge on any atom is 0.134 e. The van der Waals surface area contributed by atoms with Crippen molar-refractivity contribution in [3.63, 3.8) is 0 Å². The normalized spacial score (nSPS) is 17.9. The molecule has 2 heteroatoms. The Morgan fingerprint density at radius 1 is 1.12 bits per heavy atom. The van der Waals surface area contributed by atoms with Gasteiger partial charge in [-0.05, 0) is 45.1 Å². The summed E-state index contributed by atoms with van der Waals surface area (Å²) in [5.41, 5.74) is 0.836. The summed E-state index contributed by atoms with van der Waals surface area (Å²) in [6, 6.07) is 2.81. The van der Waals surface area contributed by atoms with Gasteiger partial charge in [0.2, 0.25) is 0 Å². The largest absolute Gasteiger partial charge is 0.328 e. The van der Waals surface area contributed by atoms with E-state index in [0.717, 1.165) is 5.54 Å². The van der Waals surface area contributed by atoms with Crippen LogP contribution in [0.15, 0.2) is 12.2 Å². The van der Waals surface area contributed by atoms with Crippen LogP contribution < -0.4 is 0 Å². The molecule has 0 radical (unpaired) electrons. The van der Waals surface area contributed by atoms with E-state index in [1.807, 2.05) is 0 Å². The van der Waals surface area contributed by atoms with Gasteiger partial charge in [0.1, 0.15) is 8.24 Å². The number of nitrogens with zero attached hydrogens (tertiary/aromatic N) is 1. The van der Waals surface area contributed by atoms with Crippen molar-refractivity contribution < 1.29 is 0 Å². The van der Waals surface area contributed by atoms with Gasteiger partial charge in [-0.15, -0.1) is 0 Å². The molecule has 0 aliphatic carbocycles. The zero-order valence-corrected chi connectivity index (χ0v) is 13.2. The van der Waals surface area contributed by atoms with Crippen LogP contribution in [0.25, 0.3) is 0 Å². The minimum absolute atomic E-state index is 0.836. The molecule has 0 amide bonds. The number of hydrogen-bond donors (Lipinski definition) is 0. The van der Waals surface area contributed by atoms with Crippen molar-refractivity contribution in [1.82, 2.24) is 4.57 Å². The molecule has 0 saturated carbocycles. The van der Waals surface area contributed by atoms with Gasteiger partial charge in [0.25, 0.3) is 0 Å². The summed E-state index contributed by atoms with van der Waals surface area (Å²) in [5.74, 6) is 0. The summed E-state index contributed by atoms with van der Waals surface area (Å²) >= 11 is 0. The van der Waals surface area contributed by atoms with Crippen molar-refractivity contribution in [2.75, 3.05) is 14.1 Å². The fraction of sp³-hybridized carbons (Fsp3) is 0.857. The Hall–Kier alpha value is -0.0831. The Labute approximate surface area is 104 Å². The monoisotopic (exact) mass is 241 g/mol. The Balaban J connectivity index is 5.05. The van der Waals surface area contributed by atoms with Gasteiger partial charge in [-0.2, -0.15) is 0 Å². The zero-order valence-electron chi connectivity index (χ0n) is 12.2. The lowest BCUT2D eigenvalue weighted by atomic mass is 10.2. The average Bonchev–Trinajstić information content (AvgIpc) is 2.25. The summed E-state index contributed by atoms with van der Waals surface area (Å²) in [4.78, 5) is 0. The van der Waals surface area contributed by atoms with E-state index in [4.69, 9.17) is 0 Å². The summed E-state index contributed by atoms with van der Waals surface area (Å²) < 4.78 is 2.59. The second kappa shape index (κ2) is 8.07. The van der Waals surface area contributed by atoms with Crippen molar-refractivity contribution in [2.45, 2.75) is 64.6 Å². The summed E-state index contributed by atoms with van der Waals surface area (Å²) in [5, 5.41) is 0. The smallest absolute Gasteiger partial charge is 0.134 e. The van der Waals surface area contributed by atoms with Crippen LogP contribution in [0.1, 0.15) is 47.0 Å². The first kappa shape index (κ1) is 15.9. The summed E-state index contributed by atoms with van der Waals surface area (Å²) in [6.45, 7) is 9.21. The number of hydrogen-bond acceptors (Lipinski definition) is 1. The highest BCUT2D eigenvalue weighted by Crippen LogP contribution is 2.37. The third-order valence-corrected chi connectivity index (χ3v) is 10.1. The quantitative estimate of drug-likeness (QED) is 0.441. The predicted molar refractivity (Wildman–Crippen MR) is 78.5 cm³/mol. The van der Waals surface area contributed by atoms with E-state index in [0.29, 0.717) is 0 Å². The molecular weight excluding hydrogens is 210 g/mol. The molecule has 0 fully saturated rings. The topological polar surface area (TPSA) is 3.24 Å². The fourth-order valence-electron chi connectivity index (χ4n) is 3.02. The van der Waals surface area contributed by atoms with Crippen LogP contribution in [0, 0.1) is 0 Å². The van der Waals surface area contributed by atoms with Gasteiger partial charge < -0.3 is 4.57 Å². The first-order chi connectivity index (χ1) is 7.58. The zero-order chi connectivity index (χ0) is 12.6. The lowest BCUT2D eigenvalue weighted by Crippen LogP contribution is -2.52. The second-order valence-electron chi connectivity index (χ2n) is 5.02. The Morgan fingerprint density at radius 3 is 2.06 bits per heavy atom. The minimum Gasteiger partial charge on any atom is -0.328 e. The minimum atomic E-state index is -1.27. The van der Waals surface area contributed by atoms with E-state index in [2.05, 4.69) is 58.5 Å². The SMILES string of the molecule is C/C=C/C(CCC)[Si](CC)(CCC)N(C)C. The molecule has 0 aliphatic heterocycles. The molecule has 0 saturated heterocycles. The van der Waals surface area contributed by atoms with Gasteiger partial charge in [0.15, 0.2) is 0 Å². The van der Waals surface area contributed by atoms with Gasteiger partial charge in [-0.1, -0.05) is 45.8 Å². The molecule has 0 rings (SSSR count). The predicted octanol–water partition coefficient (Wildman–Crippen LogP) is 4.67. The number of allylic oxidation sites excluding steroid dienone is 2. The third kappa shape index (κ3) is 3.74. The van der Waals surface area contributed by atoms with Gasteiger partial charge >= 0.3 is 0 Å². The Bertz CT molecular complexity index is 201. The van der Waals surface area contributed by atoms with E-state index in [1.165, 1.54) is 31.4 Å². The molecule has 16 heavy (non-hydrogen) atoms. The molecule has 0 N–H and O–H groups in total. The molecule has 0 spiro atoms. The summed E-state index contributed by atoms with van der Waals surface area (Å²) in [7, 11) is 3.33. The highest BCUT2D eigenvalue weighted by atomic mass is 28.3. The van der Waals surface area contributed by atoms with Crippen LogP contribution in [-0.2, 0) is 0 Å². The Morgan fingerprint density at radius 2 is 1.75 bits per heavy atom. The van der Waals surface area contributed by atoms with Crippen molar-refractivity contribution in [3.05, 3.63) is 12.2 Å². The lowest BCUT2D eigenvalue weighted by Gasteiger charge is -2.42. The van der Waals surface area contributed by atoms with Crippen molar-refractivity contribution in [2.24, 2.45) is 0 Å². The van der Waals surface area contributed by atoms with Crippen molar-refractivity contribution >= 4 is 8.24 Å². The molecular formula is C14H31NSi. The maximum absolute atomic E-state index is 2.59. The average molecular weight is 241 g/mol. The molecule has 0 heterocycles. The third-order valence-electron chi connectivity index (χ3n) is 3.90. The standard InChI is InChI=1S/C14H31NSi/c1-7-11-14(12-8-2)16(10-4,13-9-3)15(5)6/h7,11,14H,8-10,12-13H2,1-6H3/b11-7+. The van der Waals surface area contributed by atoms with E-state index in [9.17, 15) is 0 Å². The van der Waals surface area contributed by atoms with Crippen LogP contribution in [0.4, 0.5) is 0 Å². The molecule has 0 aromatic carbocycles. The molecule has 0 bridgehead atoms. The van der Waals surface area contributed by atoms with Crippen LogP contribution in [-0.4, -0.2) is 26.9 Å². The molecule has 96 valence electrons. The first-order valence-electron chi connectivity index (χ1n) is 6.89. The maximum atomic E-state index is 2.59. The second-order valence-corrected chi connectivity index (χ2v) is 10.1. The van der Waals surface area contributed by atoms with E-state index in [-0.39, 0.29) is 0 Å². The highest BCUT2D eigenvalue weighted by Gasteiger charge is 2.39. The summed E-state index contributed by atoms with van der Waals surface area (Å²) in [6.07, 6.45) is 8.74. The van der Waals surface area contributed by atoms with Crippen molar-refractivity contribution in [1.29, 1.82) is 0 Å². The molecule has 0 aromatic heterocycles. The van der Waals surface area contributed by atoms with E-state index >= 15 is 0 Å². The van der Waals surface area contributed by atoms with Gasteiger partial charge in [0.05, 0.1) is 0 Å². The first-order valence-corrected chi connectivity index (χ1v) is 9.33. The fourth-order valence-corrected chi connectivity index (χ4v) is 8.25. The van der Waals surface area contributed by atoms with Gasteiger partial charge in [0, 0.05) is 0 Å². The van der Waals surface area contributed by atoms with E-state index in [1.54, 1.807) is 0 Å².